The van der Waals surface area contributed by atoms with Crippen LogP contribution in [-0.2, 0) is 9.84 Å². The highest BCUT2D eigenvalue weighted by Gasteiger charge is 2.08. The van der Waals surface area contributed by atoms with Gasteiger partial charge < -0.3 is 0 Å². The summed E-state index contributed by atoms with van der Waals surface area (Å²) in [6, 6.07) is 8.32. The van der Waals surface area contributed by atoms with E-state index in [0.29, 0.717) is 6.42 Å². The molecule has 106 valence electrons. The first-order chi connectivity index (χ1) is 9.67. The van der Waals surface area contributed by atoms with Gasteiger partial charge in [-0.25, -0.2) is 8.42 Å². The number of allylic oxidation sites excluding steroid dienone is 4. The molecule has 1 aromatic carbocycles. The number of benzene rings is 1. The van der Waals surface area contributed by atoms with Crippen molar-refractivity contribution >= 4 is 9.84 Å². The third-order valence-corrected chi connectivity index (χ3v) is 3.93. The highest BCUT2D eigenvalue weighted by molar-refractivity contribution is 7.96. The number of sulfone groups is 1. The third-order valence-electron chi connectivity index (χ3n) is 2.62. The second-order valence-electron chi connectivity index (χ2n) is 4.30. The van der Waals surface area contributed by atoms with Crippen LogP contribution < -0.4 is 0 Å². The minimum atomic E-state index is -3.45. The monoisotopic (exact) mass is 288 g/mol. The van der Waals surface area contributed by atoms with E-state index < -0.39 is 9.84 Å². The van der Waals surface area contributed by atoms with Crippen LogP contribution in [0.4, 0.5) is 0 Å². The Bertz CT molecular complexity index is 599. The van der Waals surface area contributed by atoms with E-state index in [1.54, 1.807) is 30.3 Å². The molecule has 0 unspecified atom stereocenters. The van der Waals surface area contributed by atoms with Gasteiger partial charge in [-0.05, 0) is 38.3 Å². The molecule has 0 aliphatic rings. The zero-order valence-corrected chi connectivity index (χ0v) is 12.6. The van der Waals surface area contributed by atoms with Crippen molar-refractivity contribution in [1.82, 2.24) is 0 Å². The molecule has 0 saturated carbocycles. The highest BCUT2D eigenvalue weighted by atomic mass is 32.2. The summed E-state index contributed by atoms with van der Waals surface area (Å²) < 4.78 is 23.7. The Balaban J connectivity index is 2.36. The Morgan fingerprint density at radius 2 is 1.85 bits per heavy atom. The fourth-order valence-electron chi connectivity index (χ4n) is 1.57. The molecule has 0 radical (unpaired) electrons. The number of rotatable bonds is 6. The van der Waals surface area contributed by atoms with Gasteiger partial charge in [0, 0.05) is 11.7 Å². The second-order valence-corrected chi connectivity index (χ2v) is 5.98. The summed E-state index contributed by atoms with van der Waals surface area (Å²) >= 11 is 0. The van der Waals surface area contributed by atoms with Crippen LogP contribution in [-0.4, -0.2) is 8.42 Å². The van der Waals surface area contributed by atoms with Gasteiger partial charge in [-0.3, -0.25) is 0 Å². The Morgan fingerprint density at radius 3 is 2.55 bits per heavy atom. The Labute approximate surface area is 122 Å². The summed E-state index contributed by atoms with van der Waals surface area (Å²) in [5.41, 5.74) is 0. The molecule has 0 bridgehead atoms. The molecule has 0 saturated heterocycles. The number of hydrogen-bond donors (Lipinski definition) is 0. The Hall–Kier alpha value is -1.79. The van der Waals surface area contributed by atoms with Gasteiger partial charge in [0.15, 0.2) is 0 Å². The summed E-state index contributed by atoms with van der Waals surface area (Å²) in [7, 11) is -3.45. The van der Waals surface area contributed by atoms with Gasteiger partial charge in [0.05, 0.1) is 4.90 Å². The molecule has 0 spiro atoms. The zero-order valence-electron chi connectivity index (χ0n) is 11.7. The predicted octanol–water partition coefficient (Wildman–Crippen LogP) is 4.11. The van der Waals surface area contributed by atoms with Gasteiger partial charge >= 0.3 is 0 Å². The van der Waals surface area contributed by atoms with Crippen LogP contribution in [0.1, 0.15) is 32.6 Å². The van der Waals surface area contributed by atoms with Crippen molar-refractivity contribution < 1.29 is 8.42 Å². The molecule has 3 heteroatoms. The summed E-state index contributed by atoms with van der Waals surface area (Å²) in [4.78, 5) is 0.266. The molecule has 0 heterocycles. The smallest absolute Gasteiger partial charge is 0.210 e. The maximum absolute atomic E-state index is 11.8. The van der Waals surface area contributed by atoms with Crippen LogP contribution >= 0.6 is 0 Å². The van der Waals surface area contributed by atoms with Crippen molar-refractivity contribution in [1.29, 1.82) is 0 Å². The summed E-state index contributed by atoms with van der Waals surface area (Å²) in [6.45, 7) is 1.98. The molecule has 1 aromatic rings. The number of hydrogen-bond acceptors (Lipinski definition) is 2. The van der Waals surface area contributed by atoms with E-state index in [1.807, 2.05) is 25.2 Å². The van der Waals surface area contributed by atoms with Gasteiger partial charge in [-0.1, -0.05) is 48.4 Å². The molecule has 0 atom stereocenters. The van der Waals surface area contributed by atoms with Gasteiger partial charge in [0.2, 0.25) is 9.84 Å². The molecule has 0 amide bonds. The first-order valence-electron chi connectivity index (χ1n) is 6.74. The van der Waals surface area contributed by atoms with Crippen molar-refractivity contribution in [2.75, 3.05) is 0 Å². The largest absolute Gasteiger partial charge is 0.245 e. The van der Waals surface area contributed by atoms with Crippen molar-refractivity contribution in [3.05, 3.63) is 54.6 Å². The molecular formula is C17H20O2S. The molecule has 0 aromatic heterocycles. The van der Waals surface area contributed by atoms with E-state index in [-0.39, 0.29) is 4.90 Å². The standard InChI is InChI=1S/C17H20O2S/c1-2-3-4-5-6-7-8-9-13-16-20(18,19)17-14-11-10-12-15-17/h2-5,10-12,14-15H,6-9H2,1H3/b3-2+,5-4+. The molecule has 1 rings (SSSR count). The van der Waals surface area contributed by atoms with Gasteiger partial charge in [-0.2, -0.15) is 0 Å². The quantitative estimate of drug-likeness (QED) is 0.341. The van der Waals surface area contributed by atoms with Crippen LogP contribution in [0.2, 0.25) is 0 Å². The van der Waals surface area contributed by atoms with Crippen LogP contribution in [0.25, 0.3) is 0 Å². The molecular weight excluding hydrogens is 268 g/mol. The fourth-order valence-corrected chi connectivity index (χ4v) is 2.49. The average molecular weight is 288 g/mol. The van der Waals surface area contributed by atoms with Crippen molar-refractivity contribution in [2.45, 2.75) is 37.5 Å². The molecule has 0 aliphatic carbocycles. The maximum Gasteiger partial charge on any atom is 0.245 e. The van der Waals surface area contributed by atoms with E-state index in [4.69, 9.17) is 0 Å². The van der Waals surface area contributed by atoms with Crippen LogP contribution in [0.5, 0.6) is 0 Å². The van der Waals surface area contributed by atoms with Gasteiger partial charge in [0.25, 0.3) is 0 Å². The van der Waals surface area contributed by atoms with Crippen molar-refractivity contribution in [3.63, 3.8) is 0 Å². The van der Waals surface area contributed by atoms with E-state index >= 15 is 0 Å². The lowest BCUT2D eigenvalue weighted by Gasteiger charge is -1.94. The Kier molecular flexibility index (Phi) is 7.46. The summed E-state index contributed by atoms with van der Waals surface area (Å²) in [5, 5.41) is 2.38. The Morgan fingerprint density at radius 1 is 1.10 bits per heavy atom. The van der Waals surface area contributed by atoms with Gasteiger partial charge in [0.1, 0.15) is 0 Å². The summed E-state index contributed by atoms with van der Waals surface area (Å²) in [5.74, 6) is 2.75. The molecule has 0 fully saturated rings. The second kappa shape index (κ2) is 9.17. The SMILES string of the molecule is C/C=C/C=C/CCCCC#CS(=O)(=O)c1ccccc1. The van der Waals surface area contributed by atoms with Crippen LogP contribution in [0, 0.1) is 11.2 Å². The van der Waals surface area contributed by atoms with Crippen molar-refractivity contribution in [2.24, 2.45) is 0 Å². The molecule has 20 heavy (non-hydrogen) atoms. The van der Waals surface area contributed by atoms with Crippen molar-refractivity contribution in [3.8, 4) is 11.2 Å². The first kappa shape index (κ1) is 16.3. The molecule has 2 nitrogen and oxygen atoms in total. The topological polar surface area (TPSA) is 34.1 Å². The average Bonchev–Trinajstić information content (AvgIpc) is 2.46. The van der Waals surface area contributed by atoms with E-state index in [9.17, 15) is 8.42 Å². The van der Waals surface area contributed by atoms with Crippen LogP contribution in [0.15, 0.2) is 59.5 Å². The summed E-state index contributed by atoms with van der Waals surface area (Å²) in [6.07, 6.45) is 11.6. The molecule has 0 N–H and O–H groups in total. The highest BCUT2D eigenvalue weighted by Crippen LogP contribution is 2.08. The number of unbranched alkanes of at least 4 members (excludes halogenated alkanes) is 3. The third kappa shape index (κ3) is 6.40. The zero-order chi connectivity index (χ0) is 14.7. The fraction of sp³-hybridized carbons (Fsp3) is 0.294. The lowest BCUT2D eigenvalue weighted by molar-refractivity contribution is 0.606. The maximum atomic E-state index is 11.8. The minimum absolute atomic E-state index is 0.266. The minimum Gasteiger partial charge on any atom is -0.210 e. The first-order valence-corrected chi connectivity index (χ1v) is 8.22. The normalized spacial score (nSPS) is 11.7. The molecule has 0 aliphatic heterocycles. The predicted molar refractivity (Wildman–Crippen MR) is 83.8 cm³/mol. The van der Waals surface area contributed by atoms with E-state index in [0.717, 1.165) is 19.3 Å². The lowest BCUT2D eigenvalue weighted by Crippen LogP contribution is -1.95. The van der Waals surface area contributed by atoms with Crippen LogP contribution in [0.3, 0.4) is 0 Å². The van der Waals surface area contributed by atoms with E-state index in [2.05, 4.69) is 17.2 Å². The van der Waals surface area contributed by atoms with Gasteiger partial charge in [-0.15, -0.1) is 0 Å². The lowest BCUT2D eigenvalue weighted by atomic mass is 10.2. The van der Waals surface area contributed by atoms with E-state index in [1.165, 1.54) is 0 Å².